The first-order chi connectivity index (χ1) is 12.7. The summed E-state index contributed by atoms with van der Waals surface area (Å²) in [5.74, 6) is 2.40. The van der Waals surface area contributed by atoms with Crippen molar-refractivity contribution in [1.29, 1.82) is 0 Å². The van der Waals surface area contributed by atoms with Crippen LogP contribution in [0.4, 0.5) is 0 Å². The Labute approximate surface area is 160 Å². The van der Waals surface area contributed by atoms with Crippen LogP contribution in [0.1, 0.15) is 97.3 Å². The maximum atomic E-state index is 12.7. The Morgan fingerprint density at radius 3 is 2.19 bits per heavy atom. The summed E-state index contributed by atoms with van der Waals surface area (Å²) in [4.78, 5) is 12.7. The van der Waals surface area contributed by atoms with E-state index in [-0.39, 0.29) is 18.0 Å². The average molecular weight is 365 g/mol. The highest BCUT2D eigenvalue weighted by Crippen LogP contribution is 2.42. The van der Waals surface area contributed by atoms with Crippen LogP contribution in [0.25, 0.3) is 0 Å². The molecule has 2 atom stereocenters. The van der Waals surface area contributed by atoms with Crippen molar-refractivity contribution in [2.45, 2.75) is 110 Å². The number of ether oxygens (including phenoxy) is 2. The second-order valence-corrected chi connectivity index (χ2v) is 9.07. The van der Waals surface area contributed by atoms with Gasteiger partial charge in [-0.15, -0.1) is 0 Å². The lowest BCUT2D eigenvalue weighted by atomic mass is 9.71. The van der Waals surface area contributed by atoms with Gasteiger partial charge in [0.2, 0.25) is 0 Å². The molecule has 1 aliphatic heterocycles. The highest BCUT2D eigenvalue weighted by Gasteiger charge is 2.40. The van der Waals surface area contributed by atoms with Gasteiger partial charge in [0.1, 0.15) is 6.10 Å². The summed E-state index contributed by atoms with van der Waals surface area (Å²) in [6.45, 7) is 5.17. The van der Waals surface area contributed by atoms with Crippen LogP contribution in [0.2, 0.25) is 0 Å². The molecule has 3 rings (SSSR count). The molecule has 0 aromatic carbocycles. The summed E-state index contributed by atoms with van der Waals surface area (Å²) in [6, 6.07) is 0. The molecule has 3 aliphatic rings. The SMILES string of the molecule is CCCCC1CCC(C2CCC(C3CCC(OCC)CC3)OC2=O)CC1. The molecule has 0 aromatic rings. The van der Waals surface area contributed by atoms with Crippen molar-refractivity contribution >= 4 is 5.97 Å². The van der Waals surface area contributed by atoms with Gasteiger partial charge in [0.05, 0.1) is 12.0 Å². The van der Waals surface area contributed by atoms with Crippen LogP contribution in [0.15, 0.2) is 0 Å². The molecule has 2 aliphatic carbocycles. The minimum Gasteiger partial charge on any atom is -0.462 e. The van der Waals surface area contributed by atoms with Crippen LogP contribution in [-0.2, 0) is 14.3 Å². The van der Waals surface area contributed by atoms with Gasteiger partial charge in [0.25, 0.3) is 0 Å². The van der Waals surface area contributed by atoms with Crippen LogP contribution in [-0.4, -0.2) is 24.8 Å². The van der Waals surface area contributed by atoms with E-state index in [1.165, 1.54) is 44.9 Å². The Balaban J connectivity index is 1.41. The number of carbonyl (C=O) groups is 1. The van der Waals surface area contributed by atoms with Gasteiger partial charge in [-0.3, -0.25) is 4.79 Å². The predicted molar refractivity (Wildman–Crippen MR) is 105 cm³/mol. The number of unbranched alkanes of at least 4 members (excludes halogenated alkanes) is 1. The highest BCUT2D eigenvalue weighted by atomic mass is 16.5. The lowest BCUT2D eigenvalue weighted by Crippen LogP contribution is -2.41. The van der Waals surface area contributed by atoms with Crippen molar-refractivity contribution in [3.05, 3.63) is 0 Å². The van der Waals surface area contributed by atoms with E-state index in [0.717, 1.165) is 51.0 Å². The fraction of sp³-hybridized carbons (Fsp3) is 0.957. The molecule has 0 spiro atoms. The van der Waals surface area contributed by atoms with E-state index in [4.69, 9.17) is 9.47 Å². The summed E-state index contributed by atoms with van der Waals surface area (Å²) in [5, 5.41) is 0. The van der Waals surface area contributed by atoms with Crippen molar-refractivity contribution in [3.63, 3.8) is 0 Å². The van der Waals surface area contributed by atoms with Gasteiger partial charge in [-0.25, -0.2) is 0 Å². The zero-order valence-corrected chi connectivity index (χ0v) is 17.1. The van der Waals surface area contributed by atoms with E-state index >= 15 is 0 Å². The van der Waals surface area contributed by atoms with Gasteiger partial charge in [0, 0.05) is 6.61 Å². The number of rotatable bonds is 7. The molecule has 1 heterocycles. The van der Waals surface area contributed by atoms with E-state index in [1.54, 1.807) is 0 Å². The average Bonchev–Trinajstić information content (AvgIpc) is 2.68. The lowest BCUT2D eigenvalue weighted by Gasteiger charge is -2.40. The van der Waals surface area contributed by atoms with Gasteiger partial charge in [-0.1, -0.05) is 39.0 Å². The third-order valence-corrected chi connectivity index (χ3v) is 7.41. The molecule has 3 heteroatoms. The summed E-state index contributed by atoms with van der Waals surface area (Å²) in [6.07, 6.45) is 16.6. The molecule has 0 aromatic heterocycles. The molecule has 3 fully saturated rings. The molecular formula is C23H40O3. The van der Waals surface area contributed by atoms with E-state index < -0.39 is 0 Å². The van der Waals surface area contributed by atoms with E-state index in [9.17, 15) is 4.79 Å². The molecule has 26 heavy (non-hydrogen) atoms. The van der Waals surface area contributed by atoms with Crippen LogP contribution >= 0.6 is 0 Å². The van der Waals surface area contributed by atoms with Gasteiger partial charge < -0.3 is 9.47 Å². The first-order valence-electron chi connectivity index (χ1n) is 11.5. The maximum absolute atomic E-state index is 12.7. The largest absolute Gasteiger partial charge is 0.462 e. The highest BCUT2D eigenvalue weighted by molar-refractivity contribution is 5.73. The number of cyclic esters (lactones) is 1. The molecule has 3 nitrogen and oxygen atoms in total. The molecular weight excluding hydrogens is 324 g/mol. The quantitative estimate of drug-likeness (QED) is 0.528. The standard InChI is InChI=1S/C23H40O3/c1-3-5-6-17-7-9-18(10-8-17)21-15-16-22(26-23(21)24)19-11-13-20(14-12-19)25-4-2/h17-22H,3-16H2,1-2H3. The zero-order chi connectivity index (χ0) is 18.4. The van der Waals surface area contributed by atoms with Crippen LogP contribution < -0.4 is 0 Å². The topological polar surface area (TPSA) is 35.5 Å². The monoisotopic (exact) mass is 364 g/mol. The molecule has 0 N–H and O–H groups in total. The van der Waals surface area contributed by atoms with Gasteiger partial charge >= 0.3 is 5.97 Å². The molecule has 0 radical (unpaired) electrons. The Hall–Kier alpha value is -0.570. The van der Waals surface area contributed by atoms with E-state index in [2.05, 4.69) is 13.8 Å². The van der Waals surface area contributed by atoms with Crippen LogP contribution in [0.3, 0.4) is 0 Å². The Kier molecular flexibility index (Phi) is 7.84. The molecule has 2 saturated carbocycles. The van der Waals surface area contributed by atoms with E-state index in [1.807, 2.05) is 0 Å². The number of hydrogen-bond donors (Lipinski definition) is 0. The molecule has 150 valence electrons. The van der Waals surface area contributed by atoms with Gasteiger partial charge in [0.15, 0.2) is 0 Å². The molecule has 0 bridgehead atoms. The molecule has 0 amide bonds. The number of esters is 1. The van der Waals surface area contributed by atoms with Crippen molar-refractivity contribution in [2.75, 3.05) is 6.61 Å². The zero-order valence-electron chi connectivity index (χ0n) is 17.1. The maximum Gasteiger partial charge on any atom is 0.309 e. The third kappa shape index (κ3) is 5.24. The summed E-state index contributed by atoms with van der Waals surface area (Å²) in [7, 11) is 0. The van der Waals surface area contributed by atoms with E-state index in [0.29, 0.717) is 17.9 Å². The van der Waals surface area contributed by atoms with Crippen LogP contribution in [0.5, 0.6) is 0 Å². The Morgan fingerprint density at radius 2 is 1.58 bits per heavy atom. The molecule has 2 unspecified atom stereocenters. The lowest BCUT2D eigenvalue weighted by molar-refractivity contribution is -0.169. The minimum atomic E-state index is 0.130. The third-order valence-electron chi connectivity index (χ3n) is 7.41. The summed E-state index contributed by atoms with van der Waals surface area (Å²) in [5.41, 5.74) is 0. The first kappa shape index (κ1) is 20.2. The summed E-state index contributed by atoms with van der Waals surface area (Å²) < 4.78 is 11.8. The fourth-order valence-electron chi connectivity index (χ4n) is 5.75. The fourth-order valence-corrected chi connectivity index (χ4v) is 5.75. The number of hydrogen-bond acceptors (Lipinski definition) is 3. The van der Waals surface area contributed by atoms with Gasteiger partial charge in [-0.2, -0.15) is 0 Å². The Morgan fingerprint density at radius 1 is 0.885 bits per heavy atom. The van der Waals surface area contributed by atoms with Crippen LogP contribution in [0, 0.1) is 23.7 Å². The predicted octanol–water partition coefficient (Wildman–Crippen LogP) is 5.90. The van der Waals surface area contributed by atoms with Crippen molar-refractivity contribution in [2.24, 2.45) is 23.7 Å². The molecule has 1 saturated heterocycles. The second kappa shape index (κ2) is 10.1. The summed E-state index contributed by atoms with van der Waals surface area (Å²) >= 11 is 0. The smallest absolute Gasteiger partial charge is 0.309 e. The first-order valence-corrected chi connectivity index (χ1v) is 11.5. The Bertz CT molecular complexity index is 419. The second-order valence-electron chi connectivity index (χ2n) is 9.07. The number of carbonyl (C=O) groups excluding carboxylic acids is 1. The minimum absolute atomic E-state index is 0.130. The van der Waals surface area contributed by atoms with Crippen molar-refractivity contribution < 1.29 is 14.3 Å². The van der Waals surface area contributed by atoms with Crippen molar-refractivity contribution in [1.82, 2.24) is 0 Å². The normalized spacial score (nSPS) is 38.8. The van der Waals surface area contributed by atoms with Crippen molar-refractivity contribution in [3.8, 4) is 0 Å². The van der Waals surface area contributed by atoms with Gasteiger partial charge in [-0.05, 0) is 76.0 Å².